The Balaban J connectivity index is 1.53. The molecule has 25 heavy (non-hydrogen) atoms. The van der Waals surface area contributed by atoms with Gasteiger partial charge in [-0.1, -0.05) is 24.3 Å². The fourth-order valence-electron chi connectivity index (χ4n) is 3.00. The molecule has 0 spiro atoms. The van der Waals surface area contributed by atoms with E-state index in [0.717, 1.165) is 5.76 Å². The Morgan fingerprint density at radius 2 is 1.84 bits per heavy atom. The van der Waals surface area contributed by atoms with Crippen LogP contribution in [0.5, 0.6) is 0 Å². The number of hydrogen-bond acceptors (Lipinski definition) is 3. The number of urea groups is 1. The maximum atomic E-state index is 12.6. The van der Waals surface area contributed by atoms with Gasteiger partial charge in [0, 0.05) is 20.1 Å². The lowest BCUT2D eigenvalue weighted by atomic mass is 10.1. The van der Waals surface area contributed by atoms with Crippen LogP contribution in [0.15, 0.2) is 40.8 Å². The van der Waals surface area contributed by atoms with E-state index in [2.05, 4.69) is 5.32 Å². The fourth-order valence-corrected chi connectivity index (χ4v) is 3.00. The van der Waals surface area contributed by atoms with Gasteiger partial charge in [-0.05, 0) is 37.1 Å². The third-order valence-corrected chi connectivity index (χ3v) is 4.40. The molecule has 1 N–H and O–H groups in total. The maximum Gasteiger partial charge on any atom is 0.318 e. The van der Waals surface area contributed by atoms with Gasteiger partial charge in [0.25, 0.3) is 0 Å². The molecule has 0 radical (unpaired) electrons. The molecular weight excluding hydrogens is 318 g/mol. The van der Waals surface area contributed by atoms with Gasteiger partial charge in [-0.3, -0.25) is 4.79 Å². The van der Waals surface area contributed by atoms with Crippen molar-refractivity contribution in [2.45, 2.75) is 39.5 Å². The van der Waals surface area contributed by atoms with E-state index in [4.69, 9.17) is 4.42 Å². The second-order valence-electron chi connectivity index (χ2n) is 6.50. The summed E-state index contributed by atoms with van der Waals surface area (Å²) >= 11 is 0. The molecule has 1 aliphatic rings. The van der Waals surface area contributed by atoms with Gasteiger partial charge in [-0.15, -0.1) is 0 Å². The molecule has 2 heterocycles. The standard InChI is InChI=1S/C19H23N3O3/c1-13-8-9-17(25-13)12-21(3)19(24)20-14(2)18(23)22-10-15-6-4-5-7-16(15)11-22/h4-9,14H,10-12H2,1-3H3,(H,20,24)/t14-/m1/s1. The van der Waals surface area contributed by atoms with Crippen molar-refractivity contribution in [3.63, 3.8) is 0 Å². The van der Waals surface area contributed by atoms with E-state index in [9.17, 15) is 9.59 Å². The predicted octanol–water partition coefficient (Wildman–Crippen LogP) is 2.66. The predicted molar refractivity (Wildman–Crippen MR) is 93.6 cm³/mol. The van der Waals surface area contributed by atoms with E-state index in [1.165, 1.54) is 16.0 Å². The number of rotatable bonds is 4. The molecule has 1 aromatic heterocycles. The maximum absolute atomic E-state index is 12.6. The van der Waals surface area contributed by atoms with Gasteiger partial charge in [0.05, 0.1) is 6.54 Å². The number of nitrogens with zero attached hydrogens (tertiary/aromatic N) is 2. The van der Waals surface area contributed by atoms with E-state index in [1.807, 2.05) is 43.3 Å². The fraction of sp³-hybridized carbons (Fsp3) is 0.368. The molecule has 132 valence electrons. The number of carbonyl (C=O) groups excluding carboxylic acids is 2. The summed E-state index contributed by atoms with van der Waals surface area (Å²) in [6, 6.07) is 10.8. The summed E-state index contributed by atoms with van der Waals surface area (Å²) in [4.78, 5) is 28.2. The number of aryl methyl sites for hydroxylation is 1. The molecule has 1 aliphatic heterocycles. The van der Waals surface area contributed by atoms with Crippen molar-refractivity contribution < 1.29 is 14.0 Å². The van der Waals surface area contributed by atoms with Gasteiger partial charge in [-0.2, -0.15) is 0 Å². The summed E-state index contributed by atoms with van der Waals surface area (Å²) in [7, 11) is 1.68. The minimum atomic E-state index is -0.581. The zero-order valence-corrected chi connectivity index (χ0v) is 14.8. The summed E-state index contributed by atoms with van der Waals surface area (Å²) in [6.45, 7) is 5.12. The zero-order valence-electron chi connectivity index (χ0n) is 14.8. The first-order valence-corrected chi connectivity index (χ1v) is 8.36. The quantitative estimate of drug-likeness (QED) is 0.930. The molecular formula is C19H23N3O3. The van der Waals surface area contributed by atoms with Crippen LogP contribution >= 0.6 is 0 Å². The highest BCUT2D eigenvalue weighted by molar-refractivity contribution is 5.87. The second kappa shape index (κ2) is 7.01. The molecule has 0 saturated carbocycles. The van der Waals surface area contributed by atoms with Crippen molar-refractivity contribution in [3.8, 4) is 0 Å². The lowest BCUT2D eigenvalue weighted by molar-refractivity contribution is -0.133. The lowest BCUT2D eigenvalue weighted by Gasteiger charge is -2.24. The van der Waals surface area contributed by atoms with Crippen molar-refractivity contribution in [2.75, 3.05) is 7.05 Å². The first-order valence-electron chi connectivity index (χ1n) is 8.36. The molecule has 0 fully saturated rings. The van der Waals surface area contributed by atoms with Crippen molar-refractivity contribution in [1.82, 2.24) is 15.1 Å². The van der Waals surface area contributed by atoms with E-state index in [0.29, 0.717) is 25.4 Å². The molecule has 3 amide bonds. The molecule has 0 saturated heterocycles. The van der Waals surface area contributed by atoms with Crippen LogP contribution in [0.1, 0.15) is 29.6 Å². The molecule has 6 heteroatoms. The van der Waals surface area contributed by atoms with Gasteiger partial charge < -0.3 is 19.5 Å². The van der Waals surface area contributed by atoms with Gasteiger partial charge in [0.1, 0.15) is 17.6 Å². The van der Waals surface area contributed by atoms with Crippen LogP contribution in [-0.2, 0) is 24.4 Å². The lowest BCUT2D eigenvalue weighted by Crippen LogP contribution is -2.48. The van der Waals surface area contributed by atoms with E-state index >= 15 is 0 Å². The molecule has 6 nitrogen and oxygen atoms in total. The van der Waals surface area contributed by atoms with Crippen LogP contribution in [0.25, 0.3) is 0 Å². The smallest absolute Gasteiger partial charge is 0.318 e. The first-order chi connectivity index (χ1) is 11.9. The molecule has 0 bridgehead atoms. The van der Waals surface area contributed by atoms with Crippen LogP contribution in [0.3, 0.4) is 0 Å². The molecule has 0 aliphatic carbocycles. The Morgan fingerprint density at radius 3 is 2.40 bits per heavy atom. The minimum absolute atomic E-state index is 0.0770. The topological polar surface area (TPSA) is 65.8 Å². The Hall–Kier alpha value is -2.76. The summed E-state index contributed by atoms with van der Waals surface area (Å²) in [5, 5.41) is 2.76. The third-order valence-electron chi connectivity index (χ3n) is 4.40. The summed E-state index contributed by atoms with van der Waals surface area (Å²) < 4.78 is 5.48. The third kappa shape index (κ3) is 3.84. The number of hydrogen-bond donors (Lipinski definition) is 1. The SMILES string of the molecule is Cc1ccc(CN(C)C(=O)N[C@H](C)C(=O)N2Cc3ccccc3C2)o1. The Bertz CT molecular complexity index is 759. The Kier molecular flexibility index (Phi) is 4.79. The molecule has 1 atom stereocenters. The number of fused-ring (bicyclic) bond motifs is 1. The number of amides is 3. The largest absolute Gasteiger partial charge is 0.464 e. The van der Waals surface area contributed by atoms with Crippen LogP contribution in [0.4, 0.5) is 4.79 Å². The molecule has 0 unspecified atom stereocenters. The van der Waals surface area contributed by atoms with E-state index in [1.54, 1.807) is 18.9 Å². The number of nitrogens with one attached hydrogen (secondary N) is 1. The number of benzene rings is 1. The highest BCUT2D eigenvalue weighted by Gasteiger charge is 2.28. The van der Waals surface area contributed by atoms with E-state index < -0.39 is 6.04 Å². The van der Waals surface area contributed by atoms with Crippen molar-refractivity contribution in [1.29, 1.82) is 0 Å². The first kappa shape index (κ1) is 17.1. The van der Waals surface area contributed by atoms with Crippen LogP contribution in [0, 0.1) is 6.92 Å². The van der Waals surface area contributed by atoms with Crippen molar-refractivity contribution in [3.05, 3.63) is 59.0 Å². The number of carbonyl (C=O) groups is 2. The van der Waals surface area contributed by atoms with Gasteiger partial charge in [-0.25, -0.2) is 4.79 Å². The van der Waals surface area contributed by atoms with Crippen molar-refractivity contribution >= 4 is 11.9 Å². The zero-order chi connectivity index (χ0) is 18.0. The summed E-state index contributed by atoms with van der Waals surface area (Å²) in [6.07, 6.45) is 0. The normalized spacial score (nSPS) is 14.1. The average molecular weight is 341 g/mol. The summed E-state index contributed by atoms with van der Waals surface area (Å²) in [5.74, 6) is 1.44. The molecule has 2 aromatic rings. The Morgan fingerprint density at radius 1 is 1.20 bits per heavy atom. The highest BCUT2D eigenvalue weighted by atomic mass is 16.3. The monoisotopic (exact) mass is 341 g/mol. The number of furan rings is 1. The van der Waals surface area contributed by atoms with Gasteiger partial charge in [0.2, 0.25) is 5.91 Å². The molecule has 1 aromatic carbocycles. The van der Waals surface area contributed by atoms with Crippen molar-refractivity contribution in [2.24, 2.45) is 0 Å². The van der Waals surface area contributed by atoms with Crippen LogP contribution in [0.2, 0.25) is 0 Å². The Labute approximate surface area is 147 Å². The molecule has 3 rings (SSSR count). The van der Waals surface area contributed by atoms with E-state index in [-0.39, 0.29) is 11.9 Å². The second-order valence-corrected chi connectivity index (χ2v) is 6.50. The minimum Gasteiger partial charge on any atom is -0.464 e. The highest BCUT2D eigenvalue weighted by Crippen LogP contribution is 2.22. The average Bonchev–Trinajstić information content (AvgIpc) is 3.19. The van der Waals surface area contributed by atoms with Crippen LogP contribution < -0.4 is 5.32 Å². The van der Waals surface area contributed by atoms with Crippen LogP contribution in [-0.4, -0.2) is 34.8 Å². The summed E-state index contributed by atoms with van der Waals surface area (Å²) in [5.41, 5.74) is 2.33. The van der Waals surface area contributed by atoms with Gasteiger partial charge >= 0.3 is 6.03 Å². The van der Waals surface area contributed by atoms with Gasteiger partial charge in [0.15, 0.2) is 0 Å².